The Morgan fingerprint density at radius 2 is 2.05 bits per heavy atom. The molecule has 2 nitrogen and oxygen atoms in total. The number of halogens is 4. The van der Waals surface area contributed by atoms with E-state index in [0.29, 0.717) is 6.54 Å². The maximum Gasteiger partial charge on any atom is 0.330 e. The van der Waals surface area contributed by atoms with E-state index in [1.54, 1.807) is 0 Å². The van der Waals surface area contributed by atoms with Crippen molar-refractivity contribution in [3.8, 4) is 0 Å². The summed E-state index contributed by atoms with van der Waals surface area (Å²) < 4.78 is 54.1. The summed E-state index contributed by atoms with van der Waals surface area (Å²) in [6, 6.07) is 3.54. The van der Waals surface area contributed by atoms with Gasteiger partial charge in [-0.1, -0.05) is 6.92 Å². The lowest BCUT2D eigenvalue weighted by molar-refractivity contribution is -0.167. The van der Waals surface area contributed by atoms with Gasteiger partial charge in [0.1, 0.15) is 6.61 Å². The van der Waals surface area contributed by atoms with Crippen LogP contribution in [0.25, 0.3) is 0 Å². The molecule has 0 spiro atoms. The Labute approximate surface area is 113 Å². The van der Waals surface area contributed by atoms with E-state index in [2.05, 4.69) is 5.32 Å². The van der Waals surface area contributed by atoms with Crippen LogP contribution in [0.2, 0.25) is 0 Å². The molecule has 1 rings (SSSR count). The molecule has 0 aliphatic heterocycles. The molecule has 1 unspecified atom stereocenters. The molecule has 1 atom stereocenters. The molecule has 1 heterocycles. The molecule has 0 radical (unpaired) electrons. The van der Waals surface area contributed by atoms with Crippen molar-refractivity contribution in [3.05, 3.63) is 21.9 Å². The number of rotatable bonds is 8. The van der Waals surface area contributed by atoms with E-state index in [4.69, 9.17) is 4.74 Å². The van der Waals surface area contributed by atoms with E-state index in [0.717, 1.165) is 9.75 Å². The zero-order chi connectivity index (χ0) is 14.5. The van der Waals surface area contributed by atoms with Gasteiger partial charge in [0.15, 0.2) is 0 Å². The van der Waals surface area contributed by atoms with Gasteiger partial charge in [-0.25, -0.2) is 8.78 Å². The first-order chi connectivity index (χ1) is 8.86. The van der Waals surface area contributed by atoms with Gasteiger partial charge in [0.2, 0.25) is 0 Å². The van der Waals surface area contributed by atoms with Crippen molar-refractivity contribution in [2.75, 3.05) is 19.8 Å². The lowest BCUT2D eigenvalue weighted by Gasteiger charge is -2.19. The van der Waals surface area contributed by atoms with E-state index in [1.165, 1.54) is 11.3 Å². The van der Waals surface area contributed by atoms with Gasteiger partial charge in [-0.3, -0.25) is 0 Å². The molecule has 0 aliphatic rings. The first-order valence-electron chi connectivity index (χ1n) is 5.90. The molecule has 0 saturated heterocycles. The van der Waals surface area contributed by atoms with Crippen LogP contribution >= 0.6 is 11.3 Å². The fourth-order valence-corrected chi connectivity index (χ4v) is 2.44. The Morgan fingerprint density at radius 3 is 2.53 bits per heavy atom. The summed E-state index contributed by atoms with van der Waals surface area (Å²) in [6.45, 7) is 3.12. The fourth-order valence-electron chi connectivity index (χ4n) is 1.50. The van der Waals surface area contributed by atoms with Crippen molar-refractivity contribution in [3.63, 3.8) is 0 Å². The van der Waals surface area contributed by atoms with Crippen LogP contribution in [0.15, 0.2) is 12.1 Å². The highest BCUT2D eigenvalue weighted by Gasteiger charge is 2.41. The fraction of sp³-hybridized carbons (Fsp3) is 0.667. The maximum absolute atomic E-state index is 12.7. The molecule has 110 valence electrons. The Bertz CT molecular complexity index is 384. The normalized spacial score (nSPS) is 14.1. The molecule has 1 aromatic rings. The summed E-state index contributed by atoms with van der Waals surface area (Å²) in [7, 11) is 0. The highest BCUT2D eigenvalue weighted by molar-refractivity contribution is 7.12. The zero-order valence-electron chi connectivity index (χ0n) is 10.8. The van der Waals surface area contributed by atoms with Gasteiger partial charge in [-0.05, 0) is 25.6 Å². The second-order valence-corrected chi connectivity index (χ2v) is 5.46. The van der Waals surface area contributed by atoms with Gasteiger partial charge >= 0.3 is 12.3 Å². The van der Waals surface area contributed by atoms with E-state index in [9.17, 15) is 17.6 Å². The van der Waals surface area contributed by atoms with Gasteiger partial charge in [0, 0.05) is 9.75 Å². The minimum absolute atomic E-state index is 0.0594. The van der Waals surface area contributed by atoms with Crippen LogP contribution in [0.1, 0.15) is 22.7 Å². The molecular weight excluding hydrogens is 282 g/mol. The average Bonchev–Trinajstić information content (AvgIpc) is 2.74. The first-order valence-corrected chi connectivity index (χ1v) is 6.72. The van der Waals surface area contributed by atoms with Gasteiger partial charge in [0.05, 0.1) is 12.6 Å². The number of alkyl halides is 4. The topological polar surface area (TPSA) is 21.3 Å². The average molecular weight is 299 g/mol. The van der Waals surface area contributed by atoms with Crippen molar-refractivity contribution in [2.45, 2.75) is 32.2 Å². The second-order valence-electron chi connectivity index (χ2n) is 4.14. The molecule has 0 saturated carbocycles. The standard InChI is InChI=1S/C12H17F4NOS/c1-3-17-9(10-5-4-8(2)19-10)6-18-7-12(15,16)11(13)14/h4-5,9,11,17H,3,6-7H2,1-2H3. The second kappa shape index (κ2) is 7.21. The minimum Gasteiger partial charge on any atom is -0.373 e. The predicted octanol–water partition coefficient (Wildman–Crippen LogP) is 3.62. The Balaban J connectivity index is 2.51. The monoisotopic (exact) mass is 299 g/mol. The predicted molar refractivity (Wildman–Crippen MR) is 67.2 cm³/mol. The van der Waals surface area contributed by atoms with Crippen LogP contribution in [0.4, 0.5) is 17.6 Å². The van der Waals surface area contributed by atoms with Gasteiger partial charge < -0.3 is 10.1 Å². The van der Waals surface area contributed by atoms with E-state index >= 15 is 0 Å². The van der Waals surface area contributed by atoms with E-state index in [1.807, 2.05) is 26.0 Å². The SMILES string of the molecule is CCNC(COCC(F)(F)C(F)F)c1ccc(C)s1. The molecule has 0 aliphatic carbocycles. The molecule has 19 heavy (non-hydrogen) atoms. The lowest BCUT2D eigenvalue weighted by atomic mass is 10.2. The molecular formula is C12H17F4NOS. The quantitative estimate of drug-likeness (QED) is 0.740. The molecule has 7 heteroatoms. The summed E-state index contributed by atoms with van der Waals surface area (Å²) in [4.78, 5) is 2.04. The van der Waals surface area contributed by atoms with Crippen LogP contribution in [0, 0.1) is 6.92 Å². The lowest BCUT2D eigenvalue weighted by Crippen LogP contribution is -2.34. The Hall–Kier alpha value is -0.660. The van der Waals surface area contributed by atoms with Gasteiger partial charge in [0.25, 0.3) is 0 Å². The highest BCUT2D eigenvalue weighted by Crippen LogP contribution is 2.26. The highest BCUT2D eigenvalue weighted by atomic mass is 32.1. The van der Waals surface area contributed by atoms with E-state index < -0.39 is 19.0 Å². The van der Waals surface area contributed by atoms with Gasteiger partial charge in [-0.2, -0.15) is 8.78 Å². The van der Waals surface area contributed by atoms with Crippen molar-refractivity contribution >= 4 is 11.3 Å². The number of thiophene rings is 1. The summed E-state index contributed by atoms with van der Waals surface area (Å²) in [6.07, 6.45) is -3.70. The smallest absolute Gasteiger partial charge is 0.330 e. The number of aryl methyl sites for hydroxylation is 1. The third kappa shape index (κ3) is 5.08. The Kier molecular flexibility index (Phi) is 6.22. The number of hydrogen-bond acceptors (Lipinski definition) is 3. The van der Waals surface area contributed by atoms with E-state index in [-0.39, 0.29) is 12.6 Å². The first kappa shape index (κ1) is 16.4. The van der Waals surface area contributed by atoms with Crippen molar-refractivity contribution in [1.29, 1.82) is 0 Å². The van der Waals surface area contributed by atoms with Crippen LogP contribution in [-0.2, 0) is 4.74 Å². The van der Waals surface area contributed by atoms with Crippen molar-refractivity contribution in [2.24, 2.45) is 0 Å². The summed E-state index contributed by atoms with van der Waals surface area (Å²) >= 11 is 1.52. The molecule has 1 N–H and O–H groups in total. The molecule has 0 fully saturated rings. The van der Waals surface area contributed by atoms with Crippen LogP contribution in [0.3, 0.4) is 0 Å². The van der Waals surface area contributed by atoms with Crippen molar-refractivity contribution < 1.29 is 22.3 Å². The third-order valence-electron chi connectivity index (χ3n) is 2.45. The number of likely N-dealkylation sites (N-methyl/N-ethyl adjacent to an activating group) is 1. The number of ether oxygens (including phenoxy) is 1. The summed E-state index contributed by atoms with van der Waals surface area (Å²) in [5.74, 6) is -4.10. The van der Waals surface area contributed by atoms with Crippen molar-refractivity contribution in [1.82, 2.24) is 5.32 Å². The van der Waals surface area contributed by atoms with Gasteiger partial charge in [-0.15, -0.1) is 11.3 Å². The molecule has 1 aromatic heterocycles. The molecule has 0 aromatic carbocycles. The van der Waals surface area contributed by atoms with Crippen LogP contribution in [-0.4, -0.2) is 32.1 Å². The largest absolute Gasteiger partial charge is 0.373 e. The third-order valence-corrected chi connectivity index (χ3v) is 3.57. The number of hydrogen-bond donors (Lipinski definition) is 1. The Morgan fingerprint density at radius 1 is 1.37 bits per heavy atom. The van der Waals surface area contributed by atoms with Crippen LogP contribution in [0.5, 0.6) is 0 Å². The minimum atomic E-state index is -4.10. The van der Waals surface area contributed by atoms with Crippen LogP contribution < -0.4 is 5.32 Å². The molecule has 0 amide bonds. The molecule has 0 bridgehead atoms. The maximum atomic E-state index is 12.7. The summed E-state index contributed by atoms with van der Waals surface area (Å²) in [5.41, 5.74) is 0. The summed E-state index contributed by atoms with van der Waals surface area (Å²) in [5, 5.41) is 3.08. The number of nitrogens with one attached hydrogen (secondary N) is 1. The zero-order valence-corrected chi connectivity index (χ0v) is 11.6.